The third-order valence-electron chi connectivity index (χ3n) is 3.24. The normalized spacial score (nSPS) is 11.2. The lowest BCUT2D eigenvalue weighted by Crippen LogP contribution is -2.16. The Kier molecular flexibility index (Phi) is 5.38. The summed E-state index contributed by atoms with van der Waals surface area (Å²) in [5, 5.41) is 2.75. The predicted molar refractivity (Wildman–Crippen MR) is 81.7 cm³/mol. The minimum Gasteiger partial charge on any atom is -0.465 e. The van der Waals surface area contributed by atoms with E-state index in [4.69, 9.17) is 0 Å². The number of anilines is 1. The molecule has 0 unspecified atom stereocenters. The molecule has 0 saturated carbocycles. The van der Waals surface area contributed by atoms with Crippen molar-refractivity contribution in [1.29, 1.82) is 0 Å². The highest BCUT2D eigenvalue weighted by atomic mass is 19.4. The quantitative estimate of drug-likeness (QED) is 0.847. The van der Waals surface area contributed by atoms with Crippen LogP contribution >= 0.6 is 0 Å². The van der Waals surface area contributed by atoms with E-state index in [0.717, 1.165) is 30.5 Å². The number of nitrogens with zero attached hydrogens (tertiary/aromatic N) is 2. The van der Waals surface area contributed by atoms with Gasteiger partial charge in [0.2, 0.25) is 0 Å². The van der Waals surface area contributed by atoms with Gasteiger partial charge in [-0.25, -0.2) is 9.78 Å². The van der Waals surface area contributed by atoms with Crippen molar-refractivity contribution < 1.29 is 22.7 Å². The van der Waals surface area contributed by atoms with Crippen molar-refractivity contribution in [2.75, 3.05) is 19.0 Å². The van der Waals surface area contributed by atoms with E-state index >= 15 is 0 Å². The molecule has 5 nitrogen and oxygen atoms in total. The predicted octanol–water partition coefficient (Wildman–Crippen LogP) is 3.25. The number of carbonyl (C=O) groups is 1. The van der Waals surface area contributed by atoms with Gasteiger partial charge in [-0.3, -0.25) is 4.98 Å². The standard InChI is InChI=1S/C16H16F3N3O2/c1-10-3-4-11(21-9-10)7-8-20-14-12(15(23)24-2)5-6-13(22-14)16(17,18)19/h3-6,9H,7-8H2,1-2H3,(H,20,22). The fourth-order valence-electron chi connectivity index (χ4n) is 1.98. The Morgan fingerprint density at radius 3 is 2.58 bits per heavy atom. The van der Waals surface area contributed by atoms with E-state index in [1.807, 2.05) is 19.1 Å². The molecule has 2 rings (SSSR count). The molecular formula is C16H16F3N3O2. The molecule has 0 atom stereocenters. The van der Waals surface area contributed by atoms with Crippen LogP contribution in [0.3, 0.4) is 0 Å². The third kappa shape index (κ3) is 4.43. The summed E-state index contributed by atoms with van der Waals surface area (Å²) in [6, 6.07) is 5.52. The number of nitrogens with one attached hydrogen (secondary N) is 1. The molecule has 0 saturated heterocycles. The topological polar surface area (TPSA) is 64.1 Å². The molecule has 0 aromatic carbocycles. The van der Waals surface area contributed by atoms with Crippen molar-refractivity contribution in [2.45, 2.75) is 19.5 Å². The van der Waals surface area contributed by atoms with E-state index in [2.05, 4.69) is 20.0 Å². The number of halogens is 3. The second-order valence-corrected chi connectivity index (χ2v) is 5.09. The van der Waals surface area contributed by atoms with Gasteiger partial charge >= 0.3 is 12.1 Å². The van der Waals surface area contributed by atoms with Gasteiger partial charge in [0.15, 0.2) is 0 Å². The number of pyridine rings is 2. The van der Waals surface area contributed by atoms with Gasteiger partial charge in [0.25, 0.3) is 0 Å². The van der Waals surface area contributed by atoms with Crippen LogP contribution in [0.25, 0.3) is 0 Å². The summed E-state index contributed by atoms with van der Waals surface area (Å²) >= 11 is 0. The van der Waals surface area contributed by atoms with Gasteiger partial charge in [-0.1, -0.05) is 6.07 Å². The molecule has 8 heteroatoms. The Morgan fingerprint density at radius 1 is 1.25 bits per heavy atom. The maximum absolute atomic E-state index is 12.8. The molecule has 2 aromatic rings. The first-order valence-corrected chi connectivity index (χ1v) is 7.13. The van der Waals surface area contributed by atoms with Crippen LogP contribution in [0.2, 0.25) is 0 Å². The summed E-state index contributed by atoms with van der Waals surface area (Å²) in [5.74, 6) is -0.920. The SMILES string of the molecule is COC(=O)c1ccc(C(F)(F)F)nc1NCCc1ccc(C)cn1. The van der Waals surface area contributed by atoms with Gasteiger partial charge in [0.05, 0.1) is 7.11 Å². The van der Waals surface area contributed by atoms with Crippen molar-refractivity contribution in [3.63, 3.8) is 0 Å². The lowest BCUT2D eigenvalue weighted by molar-refractivity contribution is -0.141. The Balaban J connectivity index is 2.16. The number of carbonyl (C=O) groups excluding carboxylic acids is 1. The Hall–Kier alpha value is -2.64. The van der Waals surface area contributed by atoms with Crippen LogP contribution in [-0.4, -0.2) is 29.6 Å². The van der Waals surface area contributed by atoms with Crippen molar-refractivity contribution in [1.82, 2.24) is 9.97 Å². The number of alkyl halides is 3. The number of hydrogen-bond donors (Lipinski definition) is 1. The minimum atomic E-state index is -4.59. The first-order valence-electron chi connectivity index (χ1n) is 7.13. The molecule has 1 N–H and O–H groups in total. The molecule has 24 heavy (non-hydrogen) atoms. The summed E-state index contributed by atoms with van der Waals surface area (Å²) in [7, 11) is 1.15. The summed E-state index contributed by atoms with van der Waals surface area (Å²) in [6.45, 7) is 2.18. The first-order chi connectivity index (χ1) is 11.3. The Labute approximate surface area is 136 Å². The highest BCUT2D eigenvalue weighted by Gasteiger charge is 2.33. The molecule has 0 aliphatic rings. The minimum absolute atomic E-state index is 0.0534. The monoisotopic (exact) mass is 339 g/mol. The fraction of sp³-hybridized carbons (Fsp3) is 0.312. The largest absolute Gasteiger partial charge is 0.465 e. The second kappa shape index (κ2) is 7.29. The van der Waals surface area contributed by atoms with Gasteiger partial charge < -0.3 is 10.1 Å². The number of ether oxygens (including phenoxy) is 1. The molecular weight excluding hydrogens is 323 g/mol. The highest BCUT2D eigenvalue weighted by Crippen LogP contribution is 2.29. The molecule has 0 bridgehead atoms. The molecule has 0 fully saturated rings. The Morgan fingerprint density at radius 2 is 2.00 bits per heavy atom. The van der Waals surface area contributed by atoms with E-state index in [0.29, 0.717) is 6.42 Å². The van der Waals surface area contributed by atoms with Gasteiger partial charge in [0.1, 0.15) is 17.1 Å². The van der Waals surface area contributed by atoms with Gasteiger partial charge in [-0.15, -0.1) is 0 Å². The van der Waals surface area contributed by atoms with Crippen LogP contribution in [-0.2, 0) is 17.3 Å². The maximum atomic E-state index is 12.8. The van der Waals surface area contributed by atoms with Crippen molar-refractivity contribution in [2.24, 2.45) is 0 Å². The molecule has 128 valence electrons. The van der Waals surface area contributed by atoms with Crippen LogP contribution in [0.15, 0.2) is 30.5 Å². The van der Waals surface area contributed by atoms with Crippen LogP contribution in [0, 0.1) is 6.92 Å². The number of hydrogen-bond acceptors (Lipinski definition) is 5. The molecule has 0 aliphatic carbocycles. The summed E-state index contributed by atoms with van der Waals surface area (Å²) in [5.41, 5.74) is 0.660. The average Bonchev–Trinajstić information content (AvgIpc) is 2.55. The van der Waals surface area contributed by atoms with Crippen LogP contribution in [0.4, 0.5) is 19.0 Å². The first kappa shape index (κ1) is 17.7. The Bertz CT molecular complexity index is 715. The molecule has 0 radical (unpaired) electrons. The molecule has 2 aromatic heterocycles. The zero-order valence-electron chi connectivity index (χ0n) is 13.1. The molecule has 0 aliphatic heterocycles. The molecule has 0 amide bonds. The van der Waals surface area contributed by atoms with E-state index in [9.17, 15) is 18.0 Å². The van der Waals surface area contributed by atoms with Crippen LogP contribution in [0.5, 0.6) is 0 Å². The number of methoxy groups -OCH3 is 1. The van der Waals surface area contributed by atoms with Crippen molar-refractivity contribution >= 4 is 11.8 Å². The van der Waals surface area contributed by atoms with Crippen LogP contribution in [0.1, 0.15) is 27.3 Å². The summed E-state index contributed by atoms with van der Waals surface area (Å²) in [6.07, 6.45) is -2.42. The number of aryl methyl sites for hydroxylation is 1. The van der Waals surface area contributed by atoms with Gasteiger partial charge in [0, 0.05) is 24.9 Å². The molecule has 2 heterocycles. The number of aromatic nitrogens is 2. The zero-order chi connectivity index (χ0) is 17.7. The lowest BCUT2D eigenvalue weighted by Gasteiger charge is -2.13. The smallest absolute Gasteiger partial charge is 0.433 e. The zero-order valence-corrected chi connectivity index (χ0v) is 13.1. The van der Waals surface area contributed by atoms with E-state index in [-0.39, 0.29) is 17.9 Å². The second-order valence-electron chi connectivity index (χ2n) is 5.09. The van der Waals surface area contributed by atoms with E-state index in [1.54, 1.807) is 6.20 Å². The van der Waals surface area contributed by atoms with Gasteiger partial charge in [-0.2, -0.15) is 13.2 Å². The molecule has 0 spiro atoms. The van der Waals surface area contributed by atoms with E-state index in [1.165, 1.54) is 0 Å². The summed E-state index contributed by atoms with van der Waals surface area (Å²) in [4.78, 5) is 19.4. The number of esters is 1. The average molecular weight is 339 g/mol. The summed E-state index contributed by atoms with van der Waals surface area (Å²) < 4.78 is 42.9. The number of rotatable bonds is 5. The van der Waals surface area contributed by atoms with Crippen LogP contribution < -0.4 is 5.32 Å². The maximum Gasteiger partial charge on any atom is 0.433 e. The van der Waals surface area contributed by atoms with E-state index < -0.39 is 17.8 Å². The van der Waals surface area contributed by atoms with Crippen molar-refractivity contribution in [3.05, 3.63) is 53.0 Å². The highest BCUT2D eigenvalue weighted by molar-refractivity contribution is 5.94. The van der Waals surface area contributed by atoms with Gasteiger partial charge in [-0.05, 0) is 30.7 Å². The lowest BCUT2D eigenvalue weighted by atomic mass is 10.2. The van der Waals surface area contributed by atoms with Crippen molar-refractivity contribution in [3.8, 4) is 0 Å². The third-order valence-corrected chi connectivity index (χ3v) is 3.24. The fourth-order valence-corrected chi connectivity index (χ4v) is 1.98.